The number of hydrogen-bond donors (Lipinski definition) is 1. The number of nitrogens with zero attached hydrogens (tertiary/aromatic N) is 3. The Bertz CT molecular complexity index is 1180. The van der Waals surface area contributed by atoms with Crippen molar-refractivity contribution in [1.82, 2.24) is 9.97 Å². The number of aromatic nitrogens is 2. The molecule has 0 amide bonds. The van der Waals surface area contributed by atoms with E-state index >= 15 is 0 Å². The van der Waals surface area contributed by atoms with Crippen LogP contribution in [0.2, 0.25) is 10.0 Å². The summed E-state index contributed by atoms with van der Waals surface area (Å²) in [6.07, 6.45) is 5.16. The number of carboxylic acid groups (broad SMARTS) is 1. The van der Waals surface area contributed by atoms with E-state index in [1.807, 2.05) is 42.3 Å². The van der Waals surface area contributed by atoms with Crippen LogP contribution in [-0.4, -0.2) is 41.0 Å². The second kappa shape index (κ2) is 11.6. The number of carbonyl (C=O) groups excluding carboxylic acids is 1. The van der Waals surface area contributed by atoms with Crippen LogP contribution in [0.25, 0.3) is 6.08 Å². The Labute approximate surface area is 207 Å². The van der Waals surface area contributed by atoms with Gasteiger partial charge in [-0.3, -0.25) is 9.59 Å². The minimum Gasteiger partial charge on any atom is -0.481 e. The minimum absolute atomic E-state index is 0.154. The predicted molar refractivity (Wildman–Crippen MR) is 133 cm³/mol. The summed E-state index contributed by atoms with van der Waals surface area (Å²) in [5.41, 5.74) is 1.91. The lowest BCUT2D eigenvalue weighted by Gasteiger charge is -2.17. The van der Waals surface area contributed by atoms with Gasteiger partial charge in [-0.25, -0.2) is 4.98 Å². The molecule has 0 saturated carbocycles. The maximum Gasteiger partial charge on any atom is 0.307 e. The number of carbonyl (C=O) groups is 2. The Hall–Kier alpha value is -3.42. The van der Waals surface area contributed by atoms with Crippen molar-refractivity contribution in [2.24, 2.45) is 5.92 Å². The number of carboxylic acids is 1. The summed E-state index contributed by atoms with van der Waals surface area (Å²) in [5.74, 6) is -1.39. The van der Waals surface area contributed by atoms with E-state index in [1.54, 1.807) is 43.6 Å². The van der Waals surface area contributed by atoms with Gasteiger partial charge in [0.25, 0.3) is 0 Å². The molecule has 0 aliphatic carbocycles. The number of rotatable bonds is 10. The Morgan fingerprint density at radius 3 is 2.41 bits per heavy atom. The third kappa shape index (κ3) is 6.34. The largest absolute Gasteiger partial charge is 0.481 e. The van der Waals surface area contributed by atoms with Crippen LogP contribution in [0.15, 0.2) is 60.8 Å². The summed E-state index contributed by atoms with van der Waals surface area (Å²) in [5, 5.41) is 9.99. The summed E-state index contributed by atoms with van der Waals surface area (Å²) in [7, 11) is 3.39. The first-order valence-corrected chi connectivity index (χ1v) is 11.1. The van der Waals surface area contributed by atoms with Crippen LogP contribution in [0.3, 0.4) is 0 Å². The molecule has 7 nitrogen and oxygen atoms in total. The molecule has 1 heterocycles. The van der Waals surface area contributed by atoms with Gasteiger partial charge in [0.2, 0.25) is 11.8 Å². The van der Waals surface area contributed by atoms with Crippen LogP contribution in [0, 0.1) is 5.92 Å². The Kier molecular flexibility index (Phi) is 8.62. The zero-order valence-electron chi connectivity index (χ0n) is 18.6. The third-order valence-electron chi connectivity index (χ3n) is 5.16. The van der Waals surface area contributed by atoms with Crippen molar-refractivity contribution in [3.8, 4) is 5.88 Å². The molecule has 0 fully saturated rings. The van der Waals surface area contributed by atoms with E-state index in [2.05, 4.69) is 9.97 Å². The highest BCUT2D eigenvalue weighted by Crippen LogP contribution is 2.28. The van der Waals surface area contributed by atoms with E-state index in [0.29, 0.717) is 11.8 Å². The summed E-state index contributed by atoms with van der Waals surface area (Å²) in [4.78, 5) is 34.7. The van der Waals surface area contributed by atoms with E-state index in [0.717, 1.165) is 11.3 Å². The first kappa shape index (κ1) is 25.2. The molecule has 3 rings (SSSR count). The van der Waals surface area contributed by atoms with Crippen molar-refractivity contribution in [3.63, 3.8) is 0 Å². The van der Waals surface area contributed by atoms with Crippen LogP contribution in [0.1, 0.15) is 28.8 Å². The molecule has 1 unspecified atom stereocenters. The van der Waals surface area contributed by atoms with Gasteiger partial charge in [0.05, 0.1) is 28.6 Å². The maximum atomic E-state index is 12.6. The molecule has 3 aromatic rings. The van der Waals surface area contributed by atoms with Gasteiger partial charge in [0.1, 0.15) is 0 Å². The van der Waals surface area contributed by atoms with Crippen molar-refractivity contribution in [3.05, 3.63) is 82.0 Å². The fourth-order valence-corrected chi connectivity index (χ4v) is 3.87. The van der Waals surface area contributed by atoms with Crippen molar-refractivity contribution >= 4 is 52.7 Å². The summed E-state index contributed by atoms with van der Waals surface area (Å²) >= 11 is 12.2. The zero-order chi connectivity index (χ0) is 24.7. The molecule has 0 aliphatic rings. The average Bonchev–Trinajstić information content (AvgIpc) is 2.83. The van der Waals surface area contributed by atoms with Crippen molar-refractivity contribution in [1.29, 1.82) is 0 Å². The minimum atomic E-state index is -1.06. The monoisotopic (exact) mass is 499 g/mol. The van der Waals surface area contributed by atoms with Crippen LogP contribution in [-0.2, 0) is 4.79 Å². The van der Waals surface area contributed by atoms with Gasteiger partial charge >= 0.3 is 5.97 Å². The second-order valence-electron chi connectivity index (χ2n) is 7.45. The molecule has 1 aromatic heterocycles. The molecule has 1 atom stereocenters. The molecular formula is C25H23Cl2N3O4. The van der Waals surface area contributed by atoms with E-state index < -0.39 is 17.7 Å². The zero-order valence-corrected chi connectivity index (χ0v) is 20.1. The van der Waals surface area contributed by atoms with E-state index in [9.17, 15) is 14.7 Å². The van der Waals surface area contributed by atoms with Gasteiger partial charge < -0.3 is 14.7 Å². The summed E-state index contributed by atoms with van der Waals surface area (Å²) in [6.45, 7) is 0. The highest BCUT2D eigenvalue weighted by Gasteiger charge is 2.23. The quantitative estimate of drug-likeness (QED) is 0.345. The van der Waals surface area contributed by atoms with Gasteiger partial charge in [-0.15, -0.1) is 0 Å². The maximum absolute atomic E-state index is 12.6. The van der Waals surface area contributed by atoms with Crippen LogP contribution < -0.4 is 9.64 Å². The van der Waals surface area contributed by atoms with Crippen molar-refractivity contribution in [2.45, 2.75) is 12.8 Å². The Balaban J connectivity index is 1.64. The number of hydrogen-bond acceptors (Lipinski definition) is 6. The molecular weight excluding hydrogens is 477 g/mol. The van der Waals surface area contributed by atoms with E-state index in [4.69, 9.17) is 27.9 Å². The average molecular weight is 500 g/mol. The molecule has 9 heteroatoms. The smallest absolute Gasteiger partial charge is 0.307 e. The fourth-order valence-electron chi connectivity index (χ4n) is 3.26. The number of allylic oxidation sites excluding steroid dienone is 1. The van der Waals surface area contributed by atoms with Crippen LogP contribution in [0.4, 0.5) is 11.6 Å². The lowest BCUT2D eigenvalue weighted by molar-refractivity contribution is -0.141. The molecule has 0 aliphatic heterocycles. The van der Waals surface area contributed by atoms with E-state index in [-0.39, 0.29) is 28.5 Å². The van der Waals surface area contributed by atoms with Crippen LogP contribution in [0.5, 0.6) is 5.88 Å². The standard InChI is InChI=1S/C25H23Cl2N3O4/c1-30(25-28-14-13-22(29-25)34-2)18-11-9-16(10-12-18)5-3-6-17(24(32)33)15-21(31)23-19(26)7-4-8-20(23)27/h3-5,7-14,17H,6,15H2,1-2H3,(H,32,33)/b5-3+. The normalized spacial score (nSPS) is 11.9. The van der Waals surface area contributed by atoms with Crippen LogP contribution >= 0.6 is 23.2 Å². The fraction of sp³-hybridized carbons (Fsp3) is 0.200. The highest BCUT2D eigenvalue weighted by atomic mass is 35.5. The number of aliphatic carboxylic acids is 1. The highest BCUT2D eigenvalue weighted by molar-refractivity contribution is 6.39. The van der Waals surface area contributed by atoms with Gasteiger partial charge in [-0.2, -0.15) is 4.98 Å². The topological polar surface area (TPSA) is 92.6 Å². The first-order valence-electron chi connectivity index (χ1n) is 10.4. The number of benzene rings is 2. The lowest BCUT2D eigenvalue weighted by atomic mass is 9.95. The molecule has 0 bridgehead atoms. The number of Topliss-reactive ketones (excluding diaryl/α,β-unsaturated/α-hetero) is 1. The molecule has 34 heavy (non-hydrogen) atoms. The molecule has 1 N–H and O–H groups in total. The summed E-state index contributed by atoms with van der Waals surface area (Å²) in [6, 6.07) is 14.0. The van der Waals surface area contributed by atoms with E-state index in [1.165, 1.54) is 0 Å². The number of halogens is 2. The number of methoxy groups -OCH3 is 1. The molecule has 176 valence electrons. The lowest BCUT2D eigenvalue weighted by Crippen LogP contribution is -2.18. The summed E-state index contributed by atoms with van der Waals surface area (Å²) < 4.78 is 5.14. The number of ether oxygens (including phenoxy) is 1. The predicted octanol–water partition coefficient (Wildman–Crippen LogP) is 5.94. The molecule has 0 spiro atoms. The number of anilines is 2. The Morgan fingerprint density at radius 1 is 1.12 bits per heavy atom. The molecule has 0 radical (unpaired) electrons. The van der Waals surface area contributed by atoms with Gasteiger partial charge in [-0.05, 0) is 36.2 Å². The molecule has 0 saturated heterocycles. The van der Waals surface area contributed by atoms with Gasteiger partial charge in [0, 0.05) is 31.4 Å². The second-order valence-corrected chi connectivity index (χ2v) is 8.26. The SMILES string of the molecule is COc1ccnc(N(C)c2ccc(/C=C/CC(CC(=O)c3c(Cl)cccc3Cl)C(=O)O)cc2)n1. The van der Waals surface area contributed by atoms with Crippen molar-refractivity contribution in [2.75, 3.05) is 19.1 Å². The van der Waals surface area contributed by atoms with Gasteiger partial charge in [-0.1, -0.05) is 53.6 Å². The van der Waals surface area contributed by atoms with Gasteiger partial charge in [0.15, 0.2) is 5.78 Å². The third-order valence-corrected chi connectivity index (χ3v) is 5.79. The number of ketones is 1. The first-order chi connectivity index (χ1) is 16.3. The van der Waals surface area contributed by atoms with Crippen molar-refractivity contribution < 1.29 is 19.4 Å². The molecule has 2 aromatic carbocycles. The Morgan fingerprint density at radius 2 is 1.79 bits per heavy atom.